The molecule has 0 saturated carbocycles. The summed E-state index contributed by atoms with van der Waals surface area (Å²) in [6, 6.07) is 24.2. The summed E-state index contributed by atoms with van der Waals surface area (Å²) in [5, 5.41) is 0.736. The zero-order valence-corrected chi connectivity index (χ0v) is 17.4. The molecule has 5 rings (SSSR count). The third-order valence-corrected chi connectivity index (χ3v) is 6.71. The summed E-state index contributed by atoms with van der Waals surface area (Å²) in [6.45, 7) is 2.94. The molecule has 2 heterocycles. The van der Waals surface area contributed by atoms with Crippen LogP contribution in [-0.4, -0.2) is 37.1 Å². The van der Waals surface area contributed by atoms with Crippen molar-refractivity contribution in [1.82, 2.24) is 4.90 Å². The van der Waals surface area contributed by atoms with E-state index in [-0.39, 0.29) is 6.03 Å². The van der Waals surface area contributed by atoms with Crippen LogP contribution in [0.4, 0.5) is 21.9 Å². The third-order valence-electron chi connectivity index (χ3n) is 5.35. The maximum atomic E-state index is 13.6. The summed E-state index contributed by atoms with van der Waals surface area (Å²) < 4.78 is 0. The predicted molar refractivity (Wildman–Crippen MR) is 120 cm³/mol. The van der Waals surface area contributed by atoms with Gasteiger partial charge in [-0.15, -0.1) is 0 Å². The standard InChI is InChI=1S/C23H20ClN3OS/c24-17-6-5-7-18(16-17)25-12-14-26(15-13-25)23(28)27-19-8-1-3-10-21(19)29-22-11-4-2-9-20(22)27/h1-11,16H,12-15H2. The molecule has 146 valence electrons. The van der Waals surface area contributed by atoms with Crippen LogP contribution in [0.1, 0.15) is 0 Å². The van der Waals surface area contributed by atoms with Gasteiger partial charge in [0.05, 0.1) is 11.4 Å². The molecule has 29 heavy (non-hydrogen) atoms. The second-order valence-corrected chi connectivity index (χ2v) is 8.63. The van der Waals surface area contributed by atoms with Crippen molar-refractivity contribution in [2.45, 2.75) is 9.79 Å². The minimum atomic E-state index is 0.0379. The van der Waals surface area contributed by atoms with E-state index in [0.717, 1.165) is 45.0 Å². The van der Waals surface area contributed by atoms with Gasteiger partial charge in [0, 0.05) is 46.7 Å². The molecule has 0 bridgehead atoms. The van der Waals surface area contributed by atoms with Crippen LogP contribution in [0.2, 0.25) is 5.02 Å². The number of piperazine rings is 1. The zero-order valence-electron chi connectivity index (χ0n) is 15.8. The van der Waals surface area contributed by atoms with Gasteiger partial charge in [-0.3, -0.25) is 4.90 Å². The first-order valence-corrected chi connectivity index (χ1v) is 10.9. The second kappa shape index (κ2) is 7.65. The van der Waals surface area contributed by atoms with Gasteiger partial charge in [0.2, 0.25) is 0 Å². The van der Waals surface area contributed by atoms with E-state index in [1.807, 2.05) is 64.4 Å². The van der Waals surface area contributed by atoms with E-state index < -0.39 is 0 Å². The summed E-state index contributed by atoms with van der Waals surface area (Å²) in [5.74, 6) is 0. The van der Waals surface area contributed by atoms with Crippen LogP contribution in [0.5, 0.6) is 0 Å². The lowest BCUT2D eigenvalue weighted by atomic mass is 10.2. The monoisotopic (exact) mass is 421 g/mol. The van der Waals surface area contributed by atoms with Gasteiger partial charge >= 0.3 is 6.03 Å². The highest BCUT2D eigenvalue weighted by Gasteiger charge is 2.32. The Kier molecular flexibility index (Phi) is 4.86. The summed E-state index contributed by atoms with van der Waals surface area (Å²) in [5.41, 5.74) is 3.02. The molecule has 6 heteroatoms. The molecule has 0 N–H and O–H groups in total. The normalized spacial score (nSPS) is 15.7. The molecule has 0 aliphatic carbocycles. The van der Waals surface area contributed by atoms with Crippen molar-refractivity contribution in [2.24, 2.45) is 0 Å². The molecule has 0 unspecified atom stereocenters. The van der Waals surface area contributed by atoms with Crippen LogP contribution in [-0.2, 0) is 0 Å². The highest BCUT2D eigenvalue weighted by molar-refractivity contribution is 7.99. The van der Waals surface area contributed by atoms with Crippen molar-refractivity contribution in [1.29, 1.82) is 0 Å². The number of anilines is 3. The minimum Gasteiger partial charge on any atom is -0.368 e. The summed E-state index contributed by atoms with van der Waals surface area (Å²) in [4.78, 5) is 21.9. The number of urea groups is 1. The van der Waals surface area contributed by atoms with Crippen molar-refractivity contribution in [3.05, 3.63) is 77.8 Å². The summed E-state index contributed by atoms with van der Waals surface area (Å²) in [6.07, 6.45) is 0. The number of hydrogen-bond donors (Lipinski definition) is 0. The number of amides is 2. The minimum absolute atomic E-state index is 0.0379. The first-order chi connectivity index (χ1) is 14.2. The van der Waals surface area contributed by atoms with Crippen LogP contribution < -0.4 is 9.80 Å². The Morgan fingerprint density at radius 1 is 0.793 bits per heavy atom. The lowest BCUT2D eigenvalue weighted by molar-refractivity contribution is 0.203. The van der Waals surface area contributed by atoms with Gasteiger partial charge in [0.1, 0.15) is 0 Å². The van der Waals surface area contributed by atoms with Crippen molar-refractivity contribution < 1.29 is 4.79 Å². The number of hydrogen-bond acceptors (Lipinski definition) is 3. The zero-order chi connectivity index (χ0) is 19.8. The highest BCUT2D eigenvalue weighted by Crippen LogP contribution is 2.48. The van der Waals surface area contributed by atoms with E-state index in [4.69, 9.17) is 11.6 Å². The van der Waals surface area contributed by atoms with Crippen LogP contribution in [0.25, 0.3) is 0 Å². The SMILES string of the molecule is O=C(N1CCN(c2cccc(Cl)c2)CC1)N1c2ccccc2Sc2ccccc21. The number of benzene rings is 3. The second-order valence-electron chi connectivity index (χ2n) is 7.11. The molecule has 2 aliphatic heterocycles. The van der Waals surface area contributed by atoms with Gasteiger partial charge in [0.15, 0.2) is 0 Å². The van der Waals surface area contributed by atoms with Gasteiger partial charge in [-0.2, -0.15) is 0 Å². The molecule has 1 fully saturated rings. The first-order valence-electron chi connectivity index (χ1n) is 9.66. The van der Waals surface area contributed by atoms with Crippen molar-refractivity contribution in [3.63, 3.8) is 0 Å². The van der Waals surface area contributed by atoms with E-state index in [9.17, 15) is 4.79 Å². The van der Waals surface area contributed by atoms with Crippen LogP contribution in [0, 0.1) is 0 Å². The fourth-order valence-corrected chi connectivity index (χ4v) is 5.12. The Labute approximate surface area is 179 Å². The molecule has 4 nitrogen and oxygen atoms in total. The lowest BCUT2D eigenvalue weighted by Crippen LogP contribution is -2.52. The molecular formula is C23H20ClN3OS. The van der Waals surface area contributed by atoms with Gasteiger partial charge in [-0.05, 0) is 42.5 Å². The molecule has 1 saturated heterocycles. The van der Waals surface area contributed by atoms with Gasteiger partial charge in [-0.25, -0.2) is 4.79 Å². The van der Waals surface area contributed by atoms with E-state index >= 15 is 0 Å². The van der Waals surface area contributed by atoms with E-state index in [0.29, 0.717) is 13.1 Å². The van der Waals surface area contributed by atoms with Crippen molar-refractivity contribution in [2.75, 3.05) is 36.0 Å². The molecular weight excluding hydrogens is 402 g/mol. The third kappa shape index (κ3) is 3.45. The van der Waals surface area contributed by atoms with E-state index in [2.05, 4.69) is 23.1 Å². The smallest absolute Gasteiger partial charge is 0.329 e. The molecule has 3 aromatic carbocycles. The molecule has 0 radical (unpaired) electrons. The number of carbonyl (C=O) groups is 1. The van der Waals surface area contributed by atoms with Gasteiger partial charge in [-0.1, -0.05) is 53.7 Å². The van der Waals surface area contributed by atoms with Crippen LogP contribution >= 0.6 is 23.4 Å². The largest absolute Gasteiger partial charge is 0.368 e. The summed E-state index contributed by atoms with van der Waals surface area (Å²) >= 11 is 7.86. The highest BCUT2D eigenvalue weighted by atomic mass is 35.5. The van der Waals surface area contributed by atoms with Crippen LogP contribution in [0.15, 0.2) is 82.6 Å². The lowest BCUT2D eigenvalue weighted by Gasteiger charge is -2.40. The first kappa shape index (κ1) is 18.4. The molecule has 0 aromatic heterocycles. The van der Waals surface area contributed by atoms with Gasteiger partial charge in [0.25, 0.3) is 0 Å². The fourth-order valence-electron chi connectivity index (χ4n) is 3.88. The maximum Gasteiger partial charge on any atom is 0.329 e. The Morgan fingerprint density at radius 2 is 1.41 bits per heavy atom. The number of fused-ring (bicyclic) bond motifs is 2. The quantitative estimate of drug-likeness (QED) is 0.490. The molecule has 0 spiro atoms. The number of nitrogens with zero attached hydrogens (tertiary/aromatic N) is 3. The average Bonchev–Trinajstić information content (AvgIpc) is 2.77. The molecule has 2 aliphatic rings. The van der Waals surface area contributed by atoms with Crippen molar-refractivity contribution in [3.8, 4) is 0 Å². The molecule has 3 aromatic rings. The fraction of sp³-hybridized carbons (Fsp3) is 0.174. The van der Waals surface area contributed by atoms with E-state index in [1.54, 1.807) is 11.8 Å². The Balaban J connectivity index is 1.39. The average molecular weight is 422 g/mol. The number of halogens is 1. The Bertz CT molecular complexity index is 1020. The van der Waals surface area contributed by atoms with E-state index in [1.165, 1.54) is 0 Å². The maximum absolute atomic E-state index is 13.6. The van der Waals surface area contributed by atoms with Gasteiger partial charge < -0.3 is 9.80 Å². The Hall–Kier alpha value is -2.63. The summed E-state index contributed by atoms with van der Waals surface area (Å²) in [7, 11) is 0. The molecule has 0 atom stereocenters. The van der Waals surface area contributed by atoms with Crippen LogP contribution in [0.3, 0.4) is 0 Å². The number of rotatable bonds is 1. The van der Waals surface area contributed by atoms with Crippen molar-refractivity contribution >= 4 is 46.5 Å². The Morgan fingerprint density at radius 3 is 2.03 bits per heavy atom. The molecule has 2 amide bonds. The predicted octanol–water partition coefficient (Wildman–Crippen LogP) is 5.88. The topological polar surface area (TPSA) is 26.8 Å². The number of carbonyl (C=O) groups excluding carboxylic acids is 1. The number of para-hydroxylation sites is 2.